The van der Waals surface area contributed by atoms with Crippen molar-refractivity contribution in [1.82, 2.24) is 5.32 Å². The first-order chi connectivity index (χ1) is 10.0. The maximum absolute atomic E-state index is 13.7. The highest BCUT2D eigenvalue weighted by Crippen LogP contribution is 2.44. The first-order valence-corrected chi connectivity index (χ1v) is 8.09. The van der Waals surface area contributed by atoms with Crippen LogP contribution in [0.2, 0.25) is 0 Å². The highest BCUT2D eigenvalue weighted by Gasteiger charge is 2.43. The lowest BCUT2D eigenvalue weighted by Gasteiger charge is -2.45. The van der Waals surface area contributed by atoms with Crippen LogP contribution in [0.3, 0.4) is 0 Å². The molecule has 3 atom stereocenters. The Morgan fingerprint density at radius 1 is 1.48 bits per heavy atom. The lowest BCUT2D eigenvalue weighted by Crippen LogP contribution is -2.48. The molecule has 0 saturated heterocycles. The van der Waals surface area contributed by atoms with Crippen molar-refractivity contribution in [3.8, 4) is 0 Å². The molecule has 2 nitrogen and oxygen atoms in total. The van der Waals surface area contributed by atoms with Gasteiger partial charge in [-0.15, -0.1) is 0 Å². The Balaban J connectivity index is 2.42. The fourth-order valence-corrected chi connectivity index (χ4v) is 3.93. The van der Waals surface area contributed by atoms with Gasteiger partial charge in [0.05, 0.1) is 11.6 Å². The minimum atomic E-state index is -0.222. The van der Waals surface area contributed by atoms with E-state index in [1.165, 1.54) is 18.9 Å². The molecule has 3 heteroatoms. The number of aryl methyl sites for hydroxylation is 1. The zero-order chi connectivity index (χ0) is 15.5. The van der Waals surface area contributed by atoms with Gasteiger partial charge in [0, 0.05) is 6.61 Å². The Bertz CT molecular complexity index is 472. The molecule has 0 radical (unpaired) electrons. The number of nitrogens with one attached hydrogen (secondary N) is 1. The second kappa shape index (κ2) is 6.89. The van der Waals surface area contributed by atoms with Crippen LogP contribution >= 0.6 is 0 Å². The molecule has 2 rings (SSSR count). The van der Waals surface area contributed by atoms with Gasteiger partial charge in [-0.25, -0.2) is 4.39 Å². The van der Waals surface area contributed by atoms with Crippen molar-refractivity contribution in [3.05, 3.63) is 35.1 Å². The van der Waals surface area contributed by atoms with Gasteiger partial charge < -0.3 is 10.1 Å². The van der Waals surface area contributed by atoms with Gasteiger partial charge in [-0.2, -0.15) is 0 Å². The Morgan fingerprint density at radius 2 is 2.24 bits per heavy atom. The summed E-state index contributed by atoms with van der Waals surface area (Å²) in [7, 11) is 1.95. The molecule has 1 aliphatic carbocycles. The number of hydrogen-bond donors (Lipinski definition) is 1. The molecule has 0 spiro atoms. The van der Waals surface area contributed by atoms with Crippen LogP contribution in [0, 0.1) is 18.7 Å². The summed E-state index contributed by atoms with van der Waals surface area (Å²) in [6, 6.07) is 5.09. The van der Waals surface area contributed by atoms with Crippen LogP contribution in [-0.4, -0.2) is 19.3 Å². The lowest BCUT2D eigenvalue weighted by atomic mass is 9.72. The minimum Gasteiger partial charge on any atom is -0.373 e. The largest absolute Gasteiger partial charge is 0.373 e. The maximum Gasteiger partial charge on any atom is 0.123 e. The van der Waals surface area contributed by atoms with Crippen LogP contribution < -0.4 is 5.32 Å². The van der Waals surface area contributed by atoms with Crippen LogP contribution in [0.1, 0.15) is 56.7 Å². The summed E-state index contributed by atoms with van der Waals surface area (Å²) >= 11 is 0. The lowest BCUT2D eigenvalue weighted by molar-refractivity contribution is -0.100. The van der Waals surface area contributed by atoms with Crippen molar-refractivity contribution in [2.45, 2.75) is 58.1 Å². The fourth-order valence-electron chi connectivity index (χ4n) is 3.93. The van der Waals surface area contributed by atoms with Crippen molar-refractivity contribution in [3.63, 3.8) is 0 Å². The van der Waals surface area contributed by atoms with E-state index >= 15 is 0 Å². The predicted molar refractivity (Wildman–Crippen MR) is 84.9 cm³/mol. The number of likely N-dealkylation sites (N-methyl/N-ethyl adjacent to an activating group) is 1. The van der Waals surface area contributed by atoms with E-state index < -0.39 is 0 Å². The average Bonchev–Trinajstić information content (AvgIpc) is 2.43. The molecule has 1 saturated carbocycles. The van der Waals surface area contributed by atoms with Crippen molar-refractivity contribution < 1.29 is 9.13 Å². The zero-order valence-corrected chi connectivity index (χ0v) is 13.7. The molecule has 1 aromatic carbocycles. The fraction of sp³-hybridized carbons (Fsp3) is 0.667. The van der Waals surface area contributed by atoms with E-state index in [4.69, 9.17) is 4.74 Å². The number of benzene rings is 1. The van der Waals surface area contributed by atoms with Crippen LogP contribution in [-0.2, 0) is 4.74 Å². The third-order valence-corrected chi connectivity index (χ3v) is 4.79. The molecule has 0 amide bonds. The number of ether oxygens (including phenoxy) is 1. The third-order valence-electron chi connectivity index (χ3n) is 4.79. The Morgan fingerprint density at radius 3 is 2.86 bits per heavy atom. The monoisotopic (exact) mass is 293 g/mol. The van der Waals surface area contributed by atoms with Crippen LogP contribution in [0.15, 0.2) is 18.2 Å². The molecule has 1 aromatic rings. The van der Waals surface area contributed by atoms with Gasteiger partial charge in [0.2, 0.25) is 0 Å². The molecule has 0 heterocycles. The standard InChI is InChI=1S/C18H28FNO/c1-5-21-18(10-6-7-13(2)12-18)17(20-4)16-11-15(19)9-8-14(16)3/h8-9,11,13,17,20H,5-7,10,12H2,1-4H3. The molecule has 0 aromatic heterocycles. The molecule has 1 aliphatic rings. The molecule has 1 fully saturated rings. The van der Waals surface area contributed by atoms with E-state index in [-0.39, 0.29) is 17.5 Å². The van der Waals surface area contributed by atoms with Gasteiger partial charge in [0.15, 0.2) is 0 Å². The smallest absolute Gasteiger partial charge is 0.123 e. The van der Waals surface area contributed by atoms with Crippen molar-refractivity contribution in [2.24, 2.45) is 5.92 Å². The molecule has 21 heavy (non-hydrogen) atoms. The van der Waals surface area contributed by atoms with Crippen molar-refractivity contribution in [1.29, 1.82) is 0 Å². The van der Waals surface area contributed by atoms with Gasteiger partial charge >= 0.3 is 0 Å². The van der Waals surface area contributed by atoms with E-state index in [1.54, 1.807) is 6.07 Å². The molecular weight excluding hydrogens is 265 g/mol. The summed E-state index contributed by atoms with van der Waals surface area (Å²) in [5, 5.41) is 3.41. The summed E-state index contributed by atoms with van der Waals surface area (Å²) < 4.78 is 20.0. The number of rotatable bonds is 5. The van der Waals surface area contributed by atoms with Gasteiger partial charge in [-0.1, -0.05) is 25.8 Å². The second-order valence-corrected chi connectivity index (χ2v) is 6.42. The summed E-state index contributed by atoms with van der Waals surface area (Å²) in [4.78, 5) is 0. The van der Waals surface area contributed by atoms with Crippen molar-refractivity contribution >= 4 is 0 Å². The van der Waals surface area contributed by atoms with Crippen LogP contribution in [0.4, 0.5) is 4.39 Å². The minimum absolute atomic E-state index is 0.0379. The number of hydrogen-bond acceptors (Lipinski definition) is 2. The molecule has 3 unspecified atom stereocenters. The Labute approximate surface area is 128 Å². The number of halogens is 1. The van der Waals surface area contributed by atoms with E-state index in [1.807, 2.05) is 27.0 Å². The molecule has 1 N–H and O–H groups in total. The summed E-state index contributed by atoms with van der Waals surface area (Å²) in [5.74, 6) is 0.473. The quantitative estimate of drug-likeness (QED) is 0.870. The van der Waals surface area contributed by atoms with Crippen molar-refractivity contribution in [2.75, 3.05) is 13.7 Å². The van der Waals surface area contributed by atoms with Gasteiger partial charge in [-0.05, 0) is 62.9 Å². The highest BCUT2D eigenvalue weighted by molar-refractivity contribution is 5.32. The summed E-state index contributed by atoms with van der Waals surface area (Å²) in [6.07, 6.45) is 4.50. The molecule has 0 bridgehead atoms. The highest BCUT2D eigenvalue weighted by atomic mass is 19.1. The summed E-state index contributed by atoms with van der Waals surface area (Å²) in [5.41, 5.74) is 1.92. The average molecular weight is 293 g/mol. The Kier molecular flexibility index (Phi) is 5.39. The predicted octanol–water partition coefficient (Wildman–Crippen LogP) is 4.38. The van der Waals surface area contributed by atoms with Gasteiger partial charge in [-0.3, -0.25) is 0 Å². The Hall–Kier alpha value is -0.930. The first-order valence-electron chi connectivity index (χ1n) is 8.09. The van der Waals surface area contributed by atoms with E-state index in [2.05, 4.69) is 12.2 Å². The summed E-state index contributed by atoms with van der Waals surface area (Å²) in [6.45, 7) is 7.08. The van der Waals surface area contributed by atoms with E-state index in [9.17, 15) is 4.39 Å². The zero-order valence-electron chi connectivity index (χ0n) is 13.7. The topological polar surface area (TPSA) is 21.3 Å². The van der Waals surface area contributed by atoms with Crippen LogP contribution in [0.5, 0.6) is 0 Å². The molecular formula is C18H28FNO. The van der Waals surface area contributed by atoms with Crippen LogP contribution in [0.25, 0.3) is 0 Å². The molecule has 118 valence electrons. The van der Waals surface area contributed by atoms with Gasteiger partial charge in [0.25, 0.3) is 0 Å². The second-order valence-electron chi connectivity index (χ2n) is 6.42. The SMILES string of the molecule is CCOC1(C(NC)c2cc(F)ccc2C)CCCC(C)C1. The van der Waals surface area contributed by atoms with E-state index in [0.29, 0.717) is 12.5 Å². The van der Waals surface area contributed by atoms with E-state index in [0.717, 1.165) is 24.0 Å². The third kappa shape index (κ3) is 3.46. The first kappa shape index (κ1) is 16.4. The molecule has 0 aliphatic heterocycles. The normalized spacial score (nSPS) is 27.6. The maximum atomic E-state index is 13.7. The van der Waals surface area contributed by atoms with Gasteiger partial charge in [0.1, 0.15) is 5.82 Å².